The van der Waals surface area contributed by atoms with Gasteiger partial charge in [-0.15, -0.1) is 5.73 Å². The Bertz CT molecular complexity index is 1410. The molecule has 0 aliphatic heterocycles. The summed E-state index contributed by atoms with van der Waals surface area (Å²) in [7, 11) is -3.13. The third-order valence-corrected chi connectivity index (χ3v) is 9.19. The summed E-state index contributed by atoms with van der Waals surface area (Å²) in [6, 6.07) is 37.5. The summed E-state index contributed by atoms with van der Waals surface area (Å²) < 4.78 is 15.0. The molecule has 0 saturated heterocycles. The average Bonchev–Trinajstić information content (AvgIpc) is 2.89. The van der Waals surface area contributed by atoms with E-state index in [-0.39, 0.29) is 5.41 Å². The van der Waals surface area contributed by atoms with Crippen LogP contribution in [-0.4, -0.2) is 0 Å². The van der Waals surface area contributed by atoms with Crippen LogP contribution in [0.25, 0.3) is 6.08 Å². The van der Waals surface area contributed by atoms with Gasteiger partial charge in [-0.05, 0) is 35.3 Å². The molecule has 1 nitrogen and oxygen atoms in total. The first-order chi connectivity index (χ1) is 16.9. The maximum Gasteiger partial charge on any atom is 0.175 e. The number of hydrogen-bond donors (Lipinski definition) is 0. The summed E-state index contributed by atoms with van der Waals surface area (Å²) >= 11 is 0. The molecule has 0 unspecified atom stereocenters. The van der Waals surface area contributed by atoms with E-state index in [1.54, 1.807) is 0 Å². The molecule has 4 aromatic carbocycles. The third kappa shape index (κ3) is 5.65. The molecule has 0 amide bonds. The van der Waals surface area contributed by atoms with Crippen molar-refractivity contribution in [1.82, 2.24) is 0 Å². The fourth-order valence-electron chi connectivity index (χ4n) is 4.01. The quantitative estimate of drug-likeness (QED) is 0.169. The molecule has 2 heteroatoms. The second kappa shape index (κ2) is 10.6. The molecule has 35 heavy (non-hydrogen) atoms. The van der Waals surface area contributed by atoms with Crippen molar-refractivity contribution >= 4 is 23.8 Å². The highest BCUT2D eigenvalue weighted by molar-refractivity contribution is 7.82. The SMILES string of the molecule is CC(C)(C)C(=C=Cc1ccccc1C#Cc1ccccc1)P(=O)(c1ccccc1)c1ccccc1. The zero-order valence-corrected chi connectivity index (χ0v) is 21.3. The van der Waals surface area contributed by atoms with Gasteiger partial charge in [0.1, 0.15) is 0 Å². The molecule has 172 valence electrons. The Morgan fingerprint density at radius 1 is 0.657 bits per heavy atom. The summed E-state index contributed by atoms with van der Waals surface area (Å²) in [6.45, 7) is 6.30. The first-order valence-electron chi connectivity index (χ1n) is 11.7. The molecule has 0 radical (unpaired) electrons. The molecule has 0 aromatic heterocycles. The Morgan fingerprint density at radius 2 is 1.14 bits per heavy atom. The molecule has 0 bridgehead atoms. The molecule has 0 aliphatic rings. The Kier molecular flexibility index (Phi) is 7.39. The second-order valence-electron chi connectivity index (χ2n) is 9.37. The van der Waals surface area contributed by atoms with E-state index in [0.717, 1.165) is 32.6 Å². The fourth-order valence-corrected chi connectivity index (χ4v) is 7.20. The molecule has 4 rings (SSSR count). The number of hydrogen-bond acceptors (Lipinski definition) is 1. The van der Waals surface area contributed by atoms with Gasteiger partial charge < -0.3 is 4.57 Å². The lowest BCUT2D eigenvalue weighted by molar-refractivity contribution is 0.518. The van der Waals surface area contributed by atoms with Gasteiger partial charge in [-0.3, -0.25) is 0 Å². The fraction of sp³-hybridized carbons (Fsp3) is 0.121. The average molecular weight is 473 g/mol. The molecule has 0 aliphatic carbocycles. The lowest BCUT2D eigenvalue weighted by Gasteiger charge is -2.30. The zero-order chi connectivity index (χ0) is 24.7. The molecule has 0 spiro atoms. The van der Waals surface area contributed by atoms with Gasteiger partial charge in [0.25, 0.3) is 0 Å². The molecule has 0 heterocycles. The number of benzene rings is 4. The van der Waals surface area contributed by atoms with Crippen LogP contribution in [-0.2, 0) is 4.57 Å². The molecule has 0 atom stereocenters. The lowest BCUT2D eigenvalue weighted by Crippen LogP contribution is -2.23. The molecule has 0 saturated carbocycles. The van der Waals surface area contributed by atoms with Crippen molar-refractivity contribution < 1.29 is 4.57 Å². The largest absolute Gasteiger partial charge is 0.308 e. The van der Waals surface area contributed by atoms with Crippen molar-refractivity contribution in [1.29, 1.82) is 0 Å². The summed E-state index contributed by atoms with van der Waals surface area (Å²) in [4.78, 5) is 0. The van der Waals surface area contributed by atoms with E-state index in [1.165, 1.54) is 0 Å². The molecule has 4 aromatic rings. The Balaban J connectivity index is 1.91. The number of allylic oxidation sites excluding steroid dienone is 1. The summed E-state index contributed by atoms with van der Waals surface area (Å²) in [6.07, 6.45) is 1.94. The van der Waals surface area contributed by atoms with Gasteiger partial charge in [0, 0.05) is 27.1 Å². The summed E-state index contributed by atoms with van der Waals surface area (Å²) in [5.74, 6) is 6.54. The van der Waals surface area contributed by atoms with Crippen molar-refractivity contribution in [2.45, 2.75) is 20.8 Å². The van der Waals surface area contributed by atoms with Crippen molar-refractivity contribution in [3.05, 3.63) is 143 Å². The topological polar surface area (TPSA) is 17.1 Å². The van der Waals surface area contributed by atoms with Crippen molar-refractivity contribution in [2.24, 2.45) is 5.41 Å². The zero-order valence-electron chi connectivity index (χ0n) is 20.4. The van der Waals surface area contributed by atoms with Gasteiger partial charge in [-0.1, -0.05) is 130 Å². The van der Waals surface area contributed by atoms with Crippen molar-refractivity contribution in [2.75, 3.05) is 0 Å². The van der Waals surface area contributed by atoms with Gasteiger partial charge in [0.15, 0.2) is 7.14 Å². The van der Waals surface area contributed by atoms with E-state index in [0.29, 0.717) is 0 Å². The van der Waals surface area contributed by atoms with Crippen LogP contribution in [0.3, 0.4) is 0 Å². The van der Waals surface area contributed by atoms with Gasteiger partial charge in [-0.25, -0.2) is 0 Å². The third-order valence-electron chi connectivity index (χ3n) is 5.71. The number of rotatable bonds is 4. The van der Waals surface area contributed by atoms with E-state index in [9.17, 15) is 0 Å². The smallest absolute Gasteiger partial charge is 0.175 e. The first kappa shape index (κ1) is 24.3. The van der Waals surface area contributed by atoms with Crippen LogP contribution in [0.4, 0.5) is 0 Å². The summed E-state index contributed by atoms with van der Waals surface area (Å²) in [5.41, 5.74) is 5.97. The molecular formula is C33H29OP. The highest BCUT2D eigenvalue weighted by Crippen LogP contribution is 2.57. The standard InChI is InChI=1S/C33H29OP/c1-33(2,3)32(35(34,30-19-9-5-10-20-30)31-21-11-6-12-22-31)26-25-29-18-14-13-17-28(29)24-23-27-15-7-4-8-16-27/h4-22,25H,1-3H3. The normalized spacial score (nSPS) is 11.1. The lowest BCUT2D eigenvalue weighted by atomic mass is 9.96. The Labute approximate surface area is 209 Å². The minimum atomic E-state index is -3.13. The first-order valence-corrected chi connectivity index (χ1v) is 13.4. The van der Waals surface area contributed by atoms with Gasteiger partial charge >= 0.3 is 0 Å². The van der Waals surface area contributed by atoms with Gasteiger partial charge in [0.05, 0.1) is 0 Å². The second-order valence-corrected chi connectivity index (χ2v) is 12.1. The van der Waals surface area contributed by atoms with Crippen LogP contribution in [0.5, 0.6) is 0 Å². The van der Waals surface area contributed by atoms with Gasteiger partial charge in [0.2, 0.25) is 0 Å². The highest BCUT2D eigenvalue weighted by atomic mass is 31.2. The minimum Gasteiger partial charge on any atom is -0.308 e. The predicted octanol–water partition coefficient (Wildman–Crippen LogP) is 7.64. The van der Waals surface area contributed by atoms with E-state index in [1.807, 2.05) is 121 Å². The van der Waals surface area contributed by atoms with Gasteiger partial charge in [-0.2, -0.15) is 0 Å². The Hall–Kier alpha value is -3.81. The maximum atomic E-state index is 15.0. The predicted molar refractivity (Wildman–Crippen MR) is 150 cm³/mol. The van der Waals surface area contributed by atoms with Crippen LogP contribution >= 0.6 is 7.14 Å². The molecule has 0 N–H and O–H groups in total. The van der Waals surface area contributed by atoms with Crippen molar-refractivity contribution in [3.63, 3.8) is 0 Å². The van der Waals surface area contributed by atoms with Crippen LogP contribution in [0.2, 0.25) is 0 Å². The van der Waals surface area contributed by atoms with Crippen LogP contribution in [0, 0.1) is 17.3 Å². The molecule has 0 fully saturated rings. The van der Waals surface area contributed by atoms with Crippen LogP contribution in [0.15, 0.2) is 126 Å². The van der Waals surface area contributed by atoms with E-state index >= 15 is 4.57 Å². The van der Waals surface area contributed by atoms with E-state index < -0.39 is 7.14 Å². The van der Waals surface area contributed by atoms with Crippen LogP contribution in [0.1, 0.15) is 37.5 Å². The van der Waals surface area contributed by atoms with E-state index in [4.69, 9.17) is 0 Å². The highest BCUT2D eigenvalue weighted by Gasteiger charge is 2.38. The monoisotopic (exact) mass is 472 g/mol. The minimum absolute atomic E-state index is 0.373. The molecular weight excluding hydrogens is 443 g/mol. The Morgan fingerprint density at radius 3 is 1.69 bits per heavy atom. The van der Waals surface area contributed by atoms with Crippen molar-refractivity contribution in [3.8, 4) is 11.8 Å². The van der Waals surface area contributed by atoms with Crippen LogP contribution < -0.4 is 10.6 Å². The van der Waals surface area contributed by atoms with E-state index in [2.05, 4.69) is 38.3 Å². The summed E-state index contributed by atoms with van der Waals surface area (Å²) in [5, 5.41) is 2.41. The maximum absolute atomic E-state index is 15.0.